The number of sulfonamides is 1. The van der Waals surface area contributed by atoms with E-state index >= 15 is 0 Å². The number of hydrogen-bond donors (Lipinski definition) is 0. The first kappa shape index (κ1) is 13.6. The largest absolute Gasteiger partial charge is 0.243 e. The van der Waals surface area contributed by atoms with Crippen LogP contribution in [0.25, 0.3) is 0 Å². The molecule has 2 aliphatic rings. The Kier molecular flexibility index (Phi) is 3.53. The van der Waals surface area contributed by atoms with Crippen LogP contribution in [0.4, 0.5) is 0 Å². The van der Waals surface area contributed by atoms with Crippen molar-refractivity contribution in [2.24, 2.45) is 0 Å². The van der Waals surface area contributed by atoms with Gasteiger partial charge in [0.25, 0.3) is 0 Å². The fraction of sp³-hybridized carbons (Fsp3) is 0.533. The highest BCUT2D eigenvalue weighted by molar-refractivity contribution is 7.89. The molecule has 1 aromatic rings. The molecule has 2 aliphatic carbocycles. The number of hydrogen-bond acceptors (Lipinski definition) is 3. The lowest BCUT2D eigenvalue weighted by Crippen LogP contribution is -2.40. The highest BCUT2D eigenvalue weighted by Crippen LogP contribution is 2.38. The van der Waals surface area contributed by atoms with Crippen molar-refractivity contribution in [1.82, 2.24) is 4.31 Å². The maximum absolute atomic E-state index is 12.9. The van der Waals surface area contributed by atoms with Crippen molar-refractivity contribution in [1.29, 1.82) is 5.26 Å². The number of rotatable bonds is 4. The lowest BCUT2D eigenvalue weighted by molar-refractivity contribution is 0.314. The van der Waals surface area contributed by atoms with Crippen LogP contribution in [0.2, 0.25) is 0 Å². The molecular formula is C15H18N2O2S. The molecule has 0 aliphatic heterocycles. The summed E-state index contributed by atoms with van der Waals surface area (Å²) in [6.07, 6.45) is 6.09. The molecule has 0 atom stereocenters. The summed E-state index contributed by atoms with van der Waals surface area (Å²) in [7, 11) is -3.47. The quantitative estimate of drug-likeness (QED) is 0.856. The Labute approximate surface area is 120 Å². The zero-order valence-electron chi connectivity index (χ0n) is 11.3. The second-order valence-corrected chi connectivity index (χ2v) is 7.49. The van der Waals surface area contributed by atoms with Gasteiger partial charge >= 0.3 is 0 Å². The van der Waals surface area contributed by atoms with E-state index in [0.29, 0.717) is 5.56 Å². The second kappa shape index (κ2) is 5.19. The van der Waals surface area contributed by atoms with Crippen molar-refractivity contribution in [3.05, 3.63) is 29.8 Å². The maximum Gasteiger partial charge on any atom is 0.243 e. The molecule has 4 nitrogen and oxygen atoms in total. The molecule has 2 fully saturated rings. The predicted molar refractivity (Wildman–Crippen MR) is 75.5 cm³/mol. The van der Waals surface area contributed by atoms with Crippen LogP contribution in [0.15, 0.2) is 29.2 Å². The van der Waals surface area contributed by atoms with E-state index in [4.69, 9.17) is 5.26 Å². The van der Waals surface area contributed by atoms with E-state index in [1.54, 1.807) is 22.5 Å². The third-order valence-electron chi connectivity index (χ3n) is 4.13. The van der Waals surface area contributed by atoms with Gasteiger partial charge < -0.3 is 0 Å². The molecule has 106 valence electrons. The van der Waals surface area contributed by atoms with Gasteiger partial charge in [0, 0.05) is 12.1 Å². The van der Waals surface area contributed by atoms with E-state index in [1.807, 2.05) is 6.07 Å². The van der Waals surface area contributed by atoms with Gasteiger partial charge in [-0.05, 0) is 43.9 Å². The molecule has 0 heterocycles. The third-order valence-corrected chi connectivity index (χ3v) is 6.13. The first-order chi connectivity index (χ1) is 9.63. The van der Waals surface area contributed by atoms with E-state index in [9.17, 15) is 8.42 Å². The van der Waals surface area contributed by atoms with Gasteiger partial charge in [-0.3, -0.25) is 0 Å². The normalized spacial score (nSPS) is 20.2. The predicted octanol–water partition coefficient (Wildman–Crippen LogP) is 2.65. The number of benzene rings is 1. The highest BCUT2D eigenvalue weighted by atomic mass is 32.2. The van der Waals surface area contributed by atoms with Crippen LogP contribution >= 0.6 is 0 Å². The van der Waals surface area contributed by atoms with Crippen LogP contribution in [-0.2, 0) is 10.0 Å². The van der Waals surface area contributed by atoms with Crippen LogP contribution in [0, 0.1) is 11.3 Å². The van der Waals surface area contributed by atoms with Crippen molar-refractivity contribution < 1.29 is 8.42 Å². The second-order valence-electron chi connectivity index (χ2n) is 5.64. The molecule has 0 radical (unpaired) electrons. The van der Waals surface area contributed by atoms with E-state index in [2.05, 4.69) is 0 Å². The zero-order valence-corrected chi connectivity index (χ0v) is 12.1. The molecular weight excluding hydrogens is 272 g/mol. The lowest BCUT2D eigenvalue weighted by Gasteiger charge is -2.28. The molecule has 3 rings (SSSR count). The Hall–Kier alpha value is -1.38. The summed E-state index contributed by atoms with van der Waals surface area (Å²) in [5.74, 6) is 0. The van der Waals surface area contributed by atoms with Gasteiger partial charge in [-0.25, -0.2) is 8.42 Å². The van der Waals surface area contributed by atoms with Crippen LogP contribution in [0.1, 0.15) is 44.1 Å². The molecule has 0 aromatic heterocycles. The summed E-state index contributed by atoms with van der Waals surface area (Å²) < 4.78 is 27.5. The average Bonchev–Trinajstić information content (AvgIpc) is 3.13. The molecule has 0 amide bonds. The van der Waals surface area contributed by atoms with Gasteiger partial charge in [0.1, 0.15) is 0 Å². The molecule has 5 heteroatoms. The highest BCUT2D eigenvalue weighted by Gasteiger charge is 2.43. The molecule has 0 unspecified atom stereocenters. The topological polar surface area (TPSA) is 61.2 Å². The Morgan fingerprint density at radius 2 is 1.75 bits per heavy atom. The van der Waals surface area contributed by atoms with Crippen molar-refractivity contribution in [3.8, 4) is 6.07 Å². The average molecular weight is 290 g/mol. The van der Waals surface area contributed by atoms with Gasteiger partial charge in [0.05, 0.1) is 16.5 Å². The number of nitriles is 1. The van der Waals surface area contributed by atoms with Crippen LogP contribution in [0.3, 0.4) is 0 Å². The third kappa shape index (κ3) is 2.46. The zero-order chi connectivity index (χ0) is 14.2. The summed E-state index contributed by atoms with van der Waals surface area (Å²) in [5, 5.41) is 8.94. The molecule has 20 heavy (non-hydrogen) atoms. The fourth-order valence-electron chi connectivity index (χ4n) is 3.03. The Morgan fingerprint density at radius 3 is 2.35 bits per heavy atom. The van der Waals surface area contributed by atoms with Crippen LogP contribution in [0.5, 0.6) is 0 Å². The Bertz CT molecular complexity index is 638. The van der Waals surface area contributed by atoms with Crippen molar-refractivity contribution in [3.63, 3.8) is 0 Å². The Balaban J connectivity index is 1.97. The van der Waals surface area contributed by atoms with Gasteiger partial charge in [0.2, 0.25) is 10.0 Å². The molecule has 0 N–H and O–H groups in total. The first-order valence-electron chi connectivity index (χ1n) is 7.16. The van der Waals surface area contributed by atoms with Crippen molar-refractivity contribution >= 4 is 10.0 Å². The van der Waals surface area contributed by atoms with Crippen molar-refractivity contribution in [2.75, 3.05) is 0 Å². The number of nitrogens with zero attached hydrogens (tertiary/aromatic N) is 2. The standard InChI is InChI=1S/C15H18N2O2S/c16-11-12-4-3-7-15(10-12)20(18,19)17(14-8-9-14)13-5-1-2-6-13/h3-4,7,10,13-14H,1-2,5-6,8-9H2. The van der Waals surface area contributed by atoms with Crippen molar-refractivity contribution in [2.45, 2.75) is 55.5 Å². The van der Waals surface area contributed by atoms with Crippen LogP contribution in [-0.4, -0.2) is 24.8 Å². The monoisotopic (exact) mass is 290 g/mol. The lowest BCUT2D eigenvalue weighted by atomic mass is 10.2. The van der Waals surface area contributed by atoms with Gasteiger partial charge in [-0.2, -0.15) is 9.57 Å². The van der Waals surface area contributed by atoms with Gasteiger partial charge in [0.15, 0.2) is 0 Å². The molecule has 2 saturated carbocycles. The molecule has 0 bridgehead atoms. The summed E-state index contributed by atoms with van der Waals surface area (Å²) >= 11 is 0. The molecule has 0 spiro atoms. The summed E-state index contributed by atoms with van der Waals surface area (Å²) in [6, 6.07) is 8.70. The van der Waals surface area contributed by atoms with E-state index < -0.39 is 10.0 Å². The molecule has 1 aromatic carbocycles. The summed E-state index contributed by atoms with van der Waals surface area (Å²) in [5.41, 5.74) is 0.397. The van der Waals surface area contributed by atoms with Crippen LogP contribution < -0.4 is 0 Å². The first-order valence-corrected chi connectivity index (χ1v) is 8.60. The SMILES string of the molecule is N#Cc1cccc(S(=O)(=O)N(C2CCCC2)C2CC2)c1. The minimum absolute atomic E-state index is 0.151. The van der Waals surface area contributed by atoms with Gasteiger partial charge in [-0.1, -0.05) is 18.9 Å². The molecule has 0 saturated heterocycles. The minimum Gasteiger partial charge on any atom is -0.207 e. The van der Waals surface area contributed by atoms with E-state index in [-0.39, 0.29) is 17.0 Å². The van der Waals surface area contributed by atoms with E-state index in [1.165, 1.54) is 6.07 Å². The maximum atomic E-state index is 12.9. The Morgan fingerprint density at radius 1 is 1.10 bits per heavy atom. The summed E-state index contributed by atoms with van der Waals surface area (Å²) in [4.78, 5) is 0.260. The summed E-state index contributed by atoms with van der Waals surface area (Å²) in [6.45, 7) is 0. The minimum atomic E-state index is -3.47. The smallest absolute Gasteiger partial charge is 0.207 e. The fourth-order valence-corrected chi connectivity index (χ4v) is 5.00. The van der Waals surface area contributed by atoms with E-state index in [0.717, 1.165) is 38.5 Å². The van der Waals surface area contributed by atoms with Gasteiger partial charge in [-0.15, -0.1) is 0 Å².